The van der Waals surface area contributed by atoms with Crippen molar-refractivity contribution < 1.29 is 19.1 Å². The van der Waals surface area contributed by atoms with Crippen LogP contribution in [0, 0.1) is 22.7 Å². The van der Waals surface area contributed by atoms with Crippen LogP contribution in [-0.2, 0) is 9.59 Å². The van der Waals surface area contributed by atoms with Gasteiger partial charge in [0.05, 0.1) is 15.9 Å². The van der Waals surface area contributed by atoms with Crippen molar-refractivity contribution in [1.82, 2.24) is 0 Å². The molecule has 160 valence electrons. The molecule has 7 heteroatoms. The van der Waals surface area contributed by atoms with Gasteiger partial charge in [0.2, 0.25) is 5.91 Å². The zero-order valence-electron chi connectivity index (χ0n) is 17.2. The molecular formula is C22H30FNO3S2. The lowest BCUT2D eigenvalue weighted by Gasteiger charge is -2.63. The lowest BCUT2D eigenvalue weighted by Crippen LogP contribution is -2.67. The molecule has 0 aromatic carbocycles. The number of aliphatic hydroxyl groups excluding tert-OH is 1. The molecule has 0 saturated heterocycles. The van der Waals surface area contributed by atoms with E-state index in [1.165, 1.54) is 6.08 Å². The highest BCUT2D eigenvalue weighted by atomic mass is 32.2. The molecule has 0 heterocycles. The first-order valence-electron chi connectivity index (χ1n) is 10.3. The smallest absolute Gasteiger partial charge is 0.227 e. The van der Waals surface area contributed by atoms with Crippen LogP contribution in [0.4, 0.5) is 4.39 Å². The number of nitrogens with two attached hydrogens (primary N) is 1. The Morgan fingerprint density at radius 1 is 1.34 bits per heavy atom. The van der Waals surface area contributed by atoms with E-state index in [1.54, 1.807) is 35.7 Å². The normalized spacial score (nSPS) is 48.5. The SMILES string of the molecule is CS[C@@]1(SCC(N)=O)CC[C@H]2[C@@H]3CCC4=CC(=O)C=C[C@]4(C)[C@@]3(F)[C@@H](O)C[C@@]21C. The predicted molar refractivity (Wildman–Crippen MR) is 116 cm³/mol. The first-order valence-corrected chi connectivity index (χ1v) is 12.5. The number of allylic oxidation sites excluding steroid dienone is 4. The number of rotatable bonds is 4. The van der Waals surface area contributed by atoms with Gasteiger partial charge in [0.15, 0.2) is 11.5 Å². The fourth-order valence-corrected chi connectivity index (χ4v) is 9.85. The van der Waals surface area contributed by atoms with Crippen LogP contribution >= 0.6 is 23.5 Å². The van der Waals surface area contributed by atoms with Crippen LogP contribution in [0.1, 0.15) is 46.0 Å². The van der Waals surface area contributed by atoms with Gasteiger partial charge < -0.3 is 10.8 Å². The highest BCUT2D eigenvalue weighted by Crippen LogP contribution is 2.73. The number of amides is 1. The van der Waals surface area contributed by atoms with Crippen LogP contribution < -0.4 is 5.73 Å². The second-order valence-corrected chi connectivity index (χ2v) is 12.2. The highest BCUT2D eigenvalue weighted by molar-refractivity contribution is 8.18. The minimum Gasteiger partial charge on any atom is -0.390 e. The summed E-state index contributed by atoms with van der Waals surface area (Å²) >= 11 is 3.29. The van der Waals surface area contributed by atoms with Crippen LogP contribution in [0.25, 0.3) is 0 Å². The molecule has 3 N–H and O–H groups in total. The molecule has 0 aliphatic heterocycles. The first kappa shape index (κ1) is 21.4. The monoisotopic (exact) mass is 439 g/mol. The summed E-state index contributed by atoms with van der Waals surface area (Å²) < 4.78 is 16.7. The summed E-state index contributed by atoms with van der Waals surface area (Å²) in [5.41, 5.74) is 3.21. The number of hydrogen-bond acceptors (Lipinski definition) is 5. The van der Waals surface area contributed by atoms with E-state index < -0.39 is 17.2 Å². The molecule has 0 aromatic heterocycles. The number of fused-ring (bicyclic) bond motifs is 5. The maximum absolute atomic E-state index is 17.0. The topological polar surface area (TPSA) is 80.4 Å². The third-order valence-corrected chi connectivity index (χ3v) is 12.2. The average Bonchev–Trinajstić information content (AvgIpc) is 2.94. The van der Waals surface area contributed by atoms with E-state index in [9.17, 15) is 14.7 Å². The highest BCUT2D eigenvalue weighted by Gasteiger charge is 2.73. The van der Waals surface area contributed by atoms with Crippen molar-refractivity contribution in [3.8, 4) is 0 Å². The average molecular weight is 440 g/mol. The first-order chi connectivity index (χ1) is 13.5. The molecule has 7 atom stereocenters. The number of halogens is 1. The number of thioether (sulfide) groups is 2. The van der Waals surface area contributed by atoms with Gasteiger partial charge in [-0.3, -0.25) is 9.59 Å². The van der Waals surface area contributed by atoms with Crippen molar-refractivity contribution in [2.75, 3.05) is 12.0 Å². The number of primary amides is 1. The Bertz CT molecular complexity index is 816. The predicted octanol–water partition coefficient (Wildman–Crippen LogP) is 3.64. The maximum Gasteiger partial charge on any atom is 0.227 e. The Morgan fingerprint density at radius 2 is 2.07 bits per heavy atom. The molecule has 0 spiro atoms. The molecule has 0 aromatic rings. The quantitative estimate of drug-likeness (QED) is 0.654. The van der Waals surface area contributed by atoms with E-state index in [2.05, 4.69) is 6.92 Å². The van der Waals surface area contributed by atoms with Gasteiger partial charge in [0, 0.05) is 11.3 Å². The number of aliphatic hydroxyl groups is 1. The van der Waals surface area contributed by atoms with Crippen LogP contribution in [0.3, 0.4) is 0 Å². The van der Waals surface area contributed by atoms with Gasteiger partial charge in [-0.05, 0) is 68.8 Å². The van der Waals surface area contributed by atoms with Gasteiger partial charge in [-0.15, -0.1) is 23.5 Å². The van der Waals surface area contributed by atoms with E-state index in [1.807, 2.05) is 13.2 Å². The minimum atomic E-state index is -1.79. The summed E-state index contributed by atoms with van der Waals surface area (Å²) in [5.74, 6) is -0.365. The van der Waals surface area contributed by atoms with Gasteiger partial charge in [-0.25, -0.2) is 4.39 Å². The number of carbonyl (C=O) groups excluding carboxylic acids is 2. The molecule has 0 bridgehead atoms. The molecule has 1 amide bonds. The fourth-order valence-electron chi connectivity index (χ4n) is 6.98. The second-order valence-electron chi connectivity index (χ2n) is 9.52. The molecular weight excluding hydrogens is 409 g/mol. The van der Waals surface area contributed by atoms with E-state index in [-0.39, 0.29) is 38.8 Å². The molecule has 3 fully saturated rings. The Hall–Kier alpha value is -0.790. The van der Waals surface area contributed by atoms with Crippen LogP contribution in [-0.4, -0.2) is 44.7 Å². The van der Waals surface area contributed by atoms with E-state index in [0.29, 0.717) is 19.3 Å². The summed E-state index contributed by atoms with van der Waals surface area (Å²) in [7, 11) is 0. The molecule has 0 unspecified atom stereocenters. The summed E-state index contributed by atoms with van der Waals surface area (Å²) in [6.45, 7) is 4.02. The summed E-state index contributed by atoms with van der Waals surface area (Å²) in [6, 6.07) is 0. The van der Waals surface area contributed by atoms with Crippen molar-refractivity contribution in [3.63, 3.8) is 0 Å². The van der Waals surface area contributed by atoms with E-state index in [4.69, 9.17) is 5.73 Å². The van der Waals surface area contributed by atoms with Crippen molar-refractivity contribution in [1.29, 1.82) is 0 Å². The third kappa shape index (κ3) is 2.69. The number of alkyl halides is 1. The Morgan fingerprint density at radius 3 is 2.72 bits per heavy atom. The van der Waals surface area contributed by atoms with Gasteiger partial charge in [-0.2, -0.15) is 0 Å². The van der Waals surface area contributed by atoms with E-state index in [0.717, 1.165) is 18.4 Å². The maximum atomic E-state index is 17.0. The summed E-state index contributed by atoms with van der Waals surface area (Å²) in [6.07, 6.45) is 9.07. The number of hydrogen-bond donors (Lipinski definition) is 2. The molecule has 4 nitrogen and oxygen atoms in total. The molecule has 0 radical (unpaired) electrons. The summed E-state index contributed by atoms with van der Waals surface area (Å²) in [4.78, 5) is 23.4. The van der Waals surface area contributed by atoms with Crippen LogP contribution in [0.5, 0.6) is 0 Å². The van der Waals surface area contributed by atoms with Crippen molar-refractivity contribution >= 4 is 35.2 Å². The molecule has 4 rings (SSSR count). The minimum absolute atomic E-state index is 0.0974. The zero-order valence-corrected chi connectivity index (χ0v) is 18.9. The van der Waals surface area contributed by atoms with Crippen LogP contribution in [0.2, 0.25) is 0 Å². The molecule has 4 aliphatic carbocycles. The standard InChI is InChI=1S/C22H30FNO3S2/c1-19-8-6-14(25)10-13(19)4-5-16-15-7-9-21(28-3,29-12-18(24)27)20(15,2)11-17(26)22(16,19)23/h6,8,10,15-17,26H,4-5,7,9,11-12H2,1-3H3,(H2,24,27)/t15-,16-,17-,19-,20-,21+,22-/m0/s1. The van der Waals surface area contributed by atoms with Crippen molar-refractivity contribution in [3.05, 3.63) is 23.8 Å². The summed E-state index contributed by atoms with van der Waals surface area (Å²) in [5, 5.41) is 11.3. The Balaban J connectivity index is 1.75. The Labute approximate surface area is 180 Å². The van der Waals surface area contributed by atoms with Gasteiger partial charge in [-0.1, -0.05) is 18.6 Å². The van der Waals surface area contributed by atoms with Crippen LogP contribution in [0.15, 0.2) is 23.8 Å². The van der Waals surface area contributed by atoms with Crippen molar-refractivity contribution in [2.24, 2.45) is 28.4 Å². The lowest BCUT2D eigenvalue weighted by atomic mass is 9.46. The number of carbonyl (C=O) groups is 2. The zero-order chi connectivity index (χ0) is 21.2. The lowest BCUT2D eigenvalue weighted by molar-refractivity contribution is -0.189. The fraction of sp³-hybridized carbons (Fsp3) is 0.727. The molecule has 4 aliphatic rings. The molecule has 29 heavy (non-hydrogen) atoms. The second kappa shape index (κ2) is 6.86. The number of ketones is 1. The Kier molecular flexibility index (Phi) is 5.07. The van der Waals surface area contributed by atoms with Gasteiger partial charge >= 0.3 is 0 Å². The largest absolute Gasteiger partial charge is 0.390 e. The third-order valence-electron chi connectivity index (χ3n) is 8.46. The van der Waals surface area contributed by atoms with E-state index >= 15 is 4.39 Å². The van der Waals surface area contributed by atoms with Gasteiger partial charge in [0.1, 0.15) is 0 Å². The van der Waals surface area contributed by atoms with Gasteiger partial charge in [0.25, 0.3) is 0 Å². The molecule has 3 saturated carbocycles. The van der Waals surface area contributed by atoms with Crippen molar-refractivity contribution in [2.45, 2.75) is 61.8 Å².